The molecule has 158 valence electrons. The molecule has 0 saturated heterocycles. The van der Waals surface area contributed by atoms with Gasteiger partial charge in [0.2, 0.25) is 11.7 Å². The fraction of sp³-hybridized carbons (Fsp3) is 0.318. The van der Waals surface area contributed by atoms with Gasteiger partial charge in [0.1, 0.15) is 6.61 Å². The first-order valence-corrected chi connectivity index (χ1v) is 11.1. The van der Waals surface area contributed by atoms with Gasteiger partial charge in [-0.15, -0.1) is 11.3 Å². The summed E-state index contributed by atoms with van der Waals surface area (Å²) in [5.74, 6) is 0.449. The molecule has 0 atom stereocenters. The molecular formula is C22H20N4O4S. The third-order valence-electron chi connectivity index (χ3n) is 5.24. The van der Waals surface area contributed by atoms with E-state index in [1.165, 1.54) is 10.9 Å². The van der Waals surface area contributed by atoms with Gasteiger partial charge in [0.25, 0.3) is 5.56 Å². The van der Waals surface area contributed by atoms with Crippen LogP contribution in [-0.2, 0) is 35.4 Å². The highest BCUT2D eigenvalue weighted by Gasteiger charge is 2.19. The zero-order valence-corrected chi connectivity index (χ0v) is 17.6. The molecule has 9 heteroatoms. The Morgan fingerprint density at radius 1 is 1.16 bits per heavy atom. The van der Waals surface area contributed by atoms with Gasteiger partial charge in [0.05, 0.1) is 12.1 Å². The van der Waals surface area contributed by atoms with E-state index in [9.17, 15) is 9.59 Å². The molecule has 3 aromatic heterocycles. The fourth-order valence-electron chi connectivity index (χ4n) is 3.71. The van der Waals surface area contributed by atoms with Crippen molar-refractivity contribution in [2.45, 2.75) is 45.1 Å². The van der Waals surface area contributed by atoms with E-state index in [0.717, 1.165) is 36.9 Å². The summed E-state index contributed by atoms with van der Waals surface area (Å²) in [6, 6.07) is 10.9. The Balaban J connectivity index is 1.20. The minimum atomic E-state index is -0.410. The predicted molar refractivity (Wildman–Crippen MR) is 114 cm³/mol. The second-order valence-corrected chi connectivity index (χ2v) is 8.48. The number of rotatable bonds is 6. The number of aromatic nitrogens is 4. The standard InChI is InChI=1S/C22H20N4O4S/c27-19-12-15(23-22-26(19)16-8-4-5-9-17(16)31-22)13-29-20(28)11-10-18-24-21(25-30-18)14-6-2-1-3-7-14/h1-3,6-7,12H,4-5,8-11,13H2. The Morgan fingerprint density at radius 3 is 2.87 bits per heavy atom. The SMILES string of the molecule is O=C(CCc1nc(-c2ccccc2)no1)OCc1cc(=O)n2c3c(sc2n1)CCCC3. The van der Waals surface area contributed by atoms with Crippen LogP contribution in [0.4, 0.5) is 0 Å². The van der Waals surface area contributed by atoms with E-state index in [-0.39, 0.29) is 25.0 Å². The molecule has 0 spiro atoms. The summed E-state index contributed by atoms with van der Waals surface area (Å²) in [5, 5.41) is 3.94. The summed E-state index contributed by atoms with van der Waals surface area (Å²) < 4.78 is 12.2. The van der Waals surface area contributed by atoms with Crippen molar-refractivity contribution >= 4 is 22.3 Å². The molecule has 1 aliphatic rings. The zero-order chi connectivity index (χ0) is 21.2. The monoisotopic (exact) mass is 436 g/mol. The van der Waals surface area contributed by atoms with Gasteiger partial charge < -0.3 is 9.26 Å². The molecule has 1 aliphatic carbocycles. The van der Waals surface area contributed by atoms with E-state index >= 15 is 0 Å². The Labute approximate surface area is 181 Å². The lowest BCUT2D eigenvalue weighted by atomic mass is 10.0. The van der Waals surface area contributed by atoms with E-state index < -0.39 is 5.97 Å². The zero-order valence-electron chi connectivity index (χ0n) is 16.7. The van der Waals surface area contributed by atoms with Crippen molar-refractivity contribution in [2.75, 3.05) is 0 Å². The van der Waals surface area contributed by atoms with Crippen LogP contribution >= 0.6 is 11.3 Å². The van der Waals surface area contributed by atoms with Crippen molar-refractivity contribution in [3.63, 3.8) is 0 Å². The average molecular weight is 436 g/mol. The van der Waals surface area contributed by atoms with Crippen LogP contribution in [0.25, 0.3) is 16.3 Å². The van der Waals surface area contributed by atoms with Crippen LogP contribution in [0.2, 0.25) is 0 Å². The molecule has 0 aliphatic heterocycles. The van der Waals surface area contributed by atoms with E-state index in [1.54, 1.807) is 15.7 Å². The summed E-state index contributed by atoms with van der Waals surface area (Å²) in [5.41, 5.74) is 2.28. The van der Waals surface area contributed by atoms with Crippen molar-refractivity contribution in [2.24, 2.45) is 0 Å². The number of aryl methyl sites for hydroxylation is 3. The number of hydrogen-bond acceptors (Lipinski definition) is 8. The highest BCUT2D eigenvalue weighted by molar-refractivity contribution is 7.17. The topological polar surface area (TPSA) is 99.6 Å². The Hall–Kier alpha value is -3.33. The largest absolute Gasteiger partial charge is 0.459 e. The van der Waals surface area contributed by atoms with Gasteiger partial charge in [0.15, 0.2) is 4.96 Å². The lowest BCUT2D eigenvalue weighted by molar-refractivity contribution is -0.145. The summed E-state index contributed by atoms with van der Waals surface area (Å²) in [4.78, 5) is 35.5. The molecule has 8 nitrogen and oxygen atoms in total. The van der Waals surface area contributed by atoms with Crippen LogP contribution in [-0.4, -0.2) is 25.5 Å². The molecule has 4 aromatic rings. The highest BCUT2D eigenvalue weighted by atomic mass is 32.1. The maximum Gasteiger partial charge on any atom is 0.306 e. The minimum absolute atomic E-state index is 0.0355. The summed E-state index contributed by atoms with van der Waals surface area (Å²) in [6.07, 6.45) is 4.53. The van der Waals surface area contributed by atoms with E-state index in [0.29, 0.717) is 22.4 Å². The third kappa shape index (κ3) is 4.13. The molecular weight excluding hydrogens is 416 g/mol. The van der Waals surface area contributed by atoms with Crippen LogP contribution in [0.1, 0.15) is 41.4 Å². The second-order valence-electron chi connectivity index (χ2n) is 7.42. The molecule has 0 radical (unpaired) electrons. The van der Waals surface area contributed by atoms with E-state index in [2.05, 4.69) is 15.1 Å². The number of benzene rings is 1. The number of carbonyl (C=O) groups is 1. The van der Waals surface area contributed by atoms with Gasteiger partial charge in [-0.3, -0.25) is 14.0 Å². The quantitative estimate of drug-likeness (QED) is 0.427. The van der Waals surface area contributed by atoms with Crippen LogP contribution in [0.5, 0.6) is 0 Å². The van der Waals surface area contributed by atoms with Gasteiger partial charge in [-0.05, 0) is 25.7 Å². The molecule has 3 heterocycles. The van der Waals surface area contributed by atoms with Crippen molar-refractivity contribution in [1.29, 1.82) is 0 Å². The first kappa shape index (κ1) is 19.6. The molecule has 0 saturated carbocycles. The third-order valence-corrected chi connectivity index (χ3v) is 6.38. The number of ether oxygens (including phenoxy) is 1. The number of nitrogens with zero attached hydrogens (tertiary/aromatic N) is 4. The Kier molecular flexibility index (Phi) is 5.33. The van der Waals surface area contributed by atoms with Gasteiger partial charge in [-0.2, -0.15) is 4.98 Å². The van der Waals surface area contributed by atoms with E-state index in [4.69, 9.17) is 9.26 Å². The summed E-state index contributed by atoms with van der Waals surface area (Å²) in [6.45, 7) is -0.0355. The van der Waals surface area contributed by atoms with Crippen LogP contribution < -0.4 is 5.56 Å². The number of esters is 1. The van der Waals surface area contributed by atoms with Crippen LogP contribution in [0.3, 0.4) is 0 Å². The molecule has 0 unspecified atom stereocenters. The van der Waals surface area contributed by atoms with Crippen molar-refractivity contribution in [3.8, 4) is 11.4 Å². The first-order valence-electron chi connectivity index (χ1n) is 10.2. The Morgan fingerprint density at radius 2 is 2.00 bits per heavy atom. The lowest BCUT2D eigenvalue weighted by Gasteiger charge is -2.10. The molecule has 0 N–H and O–H groups in total. The fourth-order valence-corrected chi connectivity index (χ4v) is 4.94. The second kappa shape index (κ2) is 8.43. The number of carbonyl (C=O) groups excluding carboxylic acids is 1. The highest BCUT2D eigenvalue weighted by Crippen LogP contribution is 2.28. The van der Waals surface area contributed by atoms with E-state index in [1.807, 2.05) is 30.3 Å². The molecule has 0 bridgehead atoms. The first-order chi connectivity index (χ1) is 15.2. The molecule has 1 aromatic carbocycles. The number of thiazole rings is 1. The molecule has 0 amide bonds. The summed E-state index contributed by atoms with van der Waals surface area (Å²) >= 11 is 1.55. The van der Waals surface area contributed by atoms with Crippen molar-refractivity contribution in [3.05, 3.63) is 68.9 Å². The average Bonchev–Trinajstić information content (AvgIpc) is 3.41. The van der Waals surface area contributed by atoms with Gasteiger partial charge >= 0.3 is 5.97 Å². The van der Waals surface area contributed by atoms with Crippen LogP contribution in [0, 0.1) is 0 Å². The lowest BCUT2D eigenvalue weighted by Crippen LogP contribution is -2.18. The number of fused-ring (bicyclic) bond motifs is 3. The maximum absolute atomic E-state index is 12.6. The van der Waals surface area contributed by atoms with Crippen molar-refractivity contribution in [1.82, 2.24) is 19.5 Å². The Bertz CT molecular complexity index is 1290. The smallest absolute Gasteiger partial charge is 0.306 e. The summed E-state index contributed by atoms with van der Waals surface area (Å²) in [7, 11) is 0. The molecule has 31 heavy (non-hydrogen) atoms. The van der Waals surface area contributed by atoms with Crippen LogP contribution in [0.15, 0.2) is 45.7 Å². The van der Waals surface area contributed by atoms with Gasteiger partial charge in [0, 0.05) is 28.6 Å². The normalized spacial score (nSPS) is 13.3. The van der Waals surface area contributed by atoms with Crippen molar-refractivity contribution < 1.29 is 14.1 Å². The van der Waals surface area contributed by atoms with Gasteiger partial charge in [-0.25, -0.2) is 4.98 Å². The number of hydrogen-bond donors (Lipinski definition) is 0. The molecule has 0 fully saturated rings. The molecule has 5 rings (SSSR count). The van der Waals surface area contributed by atoms with Gasteiger partial charge in [-0.1, -0.05) is 35.5 Å². The predicted octanol–water partition coefficient (Wildman–Crippen LogP) is 3.36. The minimum Gasteiger partial charge on any atom is -0.459 e. The maximum atomic E-state index is 12.6.